The van der Waals surface area contributed by atoms with Gasteiger partial charge in [0.05, 0.1) is 5.36 Å². The van der Waals surface area contributed by atoms with E-state index in [1.54, 1.807) is 6.20 Å². The van der Waals surface area contributed by atoms with E-state index in [4.69, 9.17) is 21.0 Å². The molecule has 0 radical (unpaired) electrons. The zero-order valence-corrected chi connectivity index (χ0v) is 14.4. The van der Waals surface area contributed by atoms with Crippen molar-refractivity contribution in [1.82, 2.24) is 4.98 Å². The zero-order chi connectivity index (χ0) is 17.2. The third-order valence-electron chi connectivity index (χ3n) is 3.91. The first-order valence-electron chi connectivity index (χ1n) is 7.95. The number of nitrogens with zero attached hydrogens (tertiary/aromatic N) is 2. The summed E-state index contributed by atoms with van der Waals surface area (Å²) < 4.78 is 6.10. The smallest absolute Gasteiger partial charge is 0.152 e. The topological polar surface area (TPSA) is 38.4 Å². The van der Waals surface area contributed by atoms with E-state index < -0.39 is 0 Å². The number of aromatic nitrogens is 1. The van der Waals surface area contributed by atoms with Gasteiger partial charge in [0.15, 0.2) is 5.82 Å². The quantitative estimate of drug-likeness (QED) is 0.467. The van der Waals surface area contributed by atoms with Crippen LogP contribution in [0, 0.1) is 6.92 Å². The van der Waals surface area contributed by atoms with Crippen molar-refractivity contribution >= 4 is 28.4 Å². The average molecular weight is 347 g/mol. The van der Waals surface area contributed by atoms with E-state index in [0.717, 1.165) is 33.2 Å². The molecular formula is C21H15ClN2O. The van der Waals surface area contributed by atoms with Crippen molar-refractivity contribution < 1.29 is 4.42 Å². The predicted molar refractivity (Wildman–Crippen MR) is 101 cm³/mol. The molecular weight excluding hydrogens is 332 g/mol. The Labute approximate surface area is 150 Å². The van der Waals surface area contributed by atoms with Gasteiger partial charge in [0.1, 0.15) is 11.3 Å². The van der Waals surface area contributed by atoms with Crippen LogP contribution in [-0.4, -0.2) is 4.98 Å². The monoisotopic (exact) mass is 346 g/mol. The van der Waals surface area contributed by atoms with Crippen LogP contribution >= 0.6 is 11.6 Å². The summed E-state index contributed by atoms with van der Waals surface area (Å²) >= 11 is 5.99. The van der Waals surface area contributed by atoms with E-state index in [2.05, 4.69) is 18.0 Å². The SMILES string of the molecule is Cc1ccc2oc(-c3ccc(Cl)cc3)c/c(=N\c3ccccn3)c2c1. The highest BCUT2D eigenvalue weighted by Gasteiger charge is 2.07. The second-order valence-electron chi connectivity index (χ2n) is 5.80. The lowest BCUT2D eigenvalue weighted by atomic mass is 10.1. The van der Waals surface area contributed by atoms with E-state index in [9.17, 15) is 0 Å². The van der Waals surface area contributed by atoms with Gasteiger partial charge < -0.3 is 4.42 Å². The van der Waals surface area contributed by atoms with Crippen LogP contribution in [0.25, 0.3) is 22.3 Å². The Balaban J connectivity index is 2.00. The number of hydrogen-bond donors (Lipinski definition) is 0. The third-order valence-corrected chi connectivity index (χ3v) is 4.16. The van der Waals surface area contributed by atoms with Gasteiger partial charge in [-0.2, -0.15) is 0 Å². The summed E-state index contributed by atoms with van der Waals surface area (Å²) in [7, 11) is 0. The standard InChI is InChI=1S/C21H15ClN2O/c1-14-5-10-19-17(12-14)18(24-21-4-2-3-11-23-21)13-20(25-19)15-6-8-16(22)9-7-15/h2-13H,1H3/b24-18+. The van der Waals surface area contributed by atoms with Crippen LogP contribution in [0.2, 0.25) is 5.02 Å². The second kappa shape index (κ2) is 6.54. The fourth-order valence-electron chi connectivity index (χ4n) is 2.68. The molecule has 25 heavy (non-hydrogen) atoms. The maximum absolute atomic E-state index is 6.10. The highest BCUT2D eigenvalue weighted by molar-refractivity contribution is 6.30. The summed E-state index contributed by atoms with van der Waals surface area (Å²) in [4.78, 5) is 9.02. The van der Waals surface area contributed by atoms with Crippen LogP contribution in [0.5, 0.6) is 0 Å². The van der Waals surface area contributed by atoms with E-state index in [1.165, 1.54) is 0 Å². The number of fused-ring (bicyclic) bond motifs is 1. The van der Waals surface area contributed by atoms with Crippen molar-refractivity contribution in [2.75, 3.05) is 0 Å². The van der Waals surface area contributed by atoms with Gasteiger partial charge in [-0.1, -0.05) is 29.3 Å². The van der Waals surface area contributed by atoms with Gasteiger partial charge in [-0.25, -0.2) is 9.98 Å². The molecule has 0 saturated carbocycles. The fourth-order valence-corrected chi connectivity index (χ4v) is 2.80. The van der Waals surface area contributed by atoms with Crippen LogP contribution in [0.4, 0.5) is 5.82 Å². The Morgan fingerprint density at radius 3 is 2.56 bits per heavy atom. The molecule has 0 bridgehead atoms. The minimum Gasteiger partial charge on any atom is -0.456 e. The molecule has 122 valence electrons. The first kappa shape index (κ1) is 15.6. The van der Waals surface area contributed by atoms with Crippen LogP contribution in [-0.2, 0) is 0 Å². The molecule has 0 aliphatic heterocycles. The third kappa shape index (κ3) is 3.32. The number of halogens is 1. The molecule has 4 rings (SSSR count). The largest absolute Gasteiger partial charge is 0.456 e. The van der Waals surface area contributed by atoms with Crippen molar-refractivity contribution in [3.05, 3.63) is 88.9 Å². The van der Waals surface area contributed by atoms with Crippen LogP contribution in [0.15, 0.2) is 82.3 Å². The average Bonchev–Trinajstić information content (AvgIpc) is 2.63. The van der Waals surface area contributed by atoms with Crippen molar-refractivity contribution in [3.63, 3.8) is 0 Å². The second-order valence-corrected chi connectivity index (χ2v) is 6.24. The van der Waals surface area contributed by atoms with E-state index in [-0.39, 0.29) is 0 Å². The number of pyridine rings is 1. The molecule has 0 fully saturated rings. The van der Waals surface area contributed by atoms with Crippen molar-refractivity contribution in [3.8, 4) is 11.3 Å². The molecule has 0 aliphatic rings. The molecule has 0 amide bonds. The summed E-state index contributed by atoms with van der Waals surface area (Å²) in [5.41, 5.74) is 2.89. The van der Waals surface area contributed by atoms with Gasteiger partial charge in [0.2, 0.25) is 0 Å². The Kier molecular flexibility index (Phi) is 4.08. The lowest BCUT2D eigenvalue weighted by molar-refractivity contribution is 0.618. The highest BCUT2D eigenvalue weighted by Crippen LogP contribution is 2.24. The van der Waals surface area contributed by atoms with Gasteiger partial charge in [0, 0.05) is 28.2 Å². The minimum absolute atomic E-state index is 0.665. The van der Waals surface area contributed by atoms with Gasteiger partial charge in [-0.15, -0.1) is 0 Å². The molecule has 0 N–H and O–H groups in total. The van der Waals surface area contributed by atoms with Crippen molar-refractivity contribution in [1.29, 1.82) is 0 Å². The van der Waals surface area contributed by atoms with Crippen LogP contribution in [0.3, 0.4) is 0 Å². The normalized spacial score (nSPS) is 11.8. The molecule has 0 spiro atoms. The Morgan fingerprint density at radius 2 is 1.80 bits per heavy atom. The lowest BCUT2D eigenvalue weighted by Gasteiger charge is -2.06. The molecule has 0 saturated heterocycles. The van der Waals surface area contributed by atoms with E-state index in [0.29, 0.717) is 10.8 Å². The predicted octanol–water partition coefficient (Wildman–Crippen LogP) is 5.69. The summed E-state index contributed by atoms with van der Waals surface area (Å²) in [6, 6.07) is 21.3. The summed E-state index contributed by atoms with van der Waals surface area (Å²) in [5.74, 6) is 1.40. The maximum Gasteiger partial charge on any atom is 0.152 e. The Hall–Kier alpha value is -2.91. The van der Waals surface area contributed by atoms with Gasteiger partial charge in [0.25, 0.3) is 0 Å². The molecule has 2 aromatic carbocycles. The van der Waals surface area contributed by atoms with Gasteiger partial charge in [-0.05, 0) is 55.5 Å². The van der Waals surface area contributed by atoms with Gasteiger partial charge >= 0.3 is 0 Å². The fraction of sp³-hybridized carbons (Fsp3) is 0.0476. The Bertz CT molecular complexity index is 1100. The summed E-state index contributed by atoms with van der Waals surface area (Å²) in [6.07, 6.45) is 1.74. The molecule has 0 atom stereocenters. The van der Waals surface area contributed by atoms with E-state index in [1.807, 2.05) is 60.7 Å². The summed E-state index contributed by atoms with van der Waals surface area (Å²) in [6.45, 7) is 2.05. The number of aryl methyl sites for hydroxylation is 1. The molecule has 4 aromatic rings. The zero-order valence-electron chi connectivity index (χ0n) is 13.6. The molecule has 2 aromatic heterocycles. The lowest BCUT2D eigenvalue weighted by Crippen LogP contribution is -2.03. The molecule has 0 aliphatic carbocycles. The van der Waals surface area contributed by atoms with Crippen molar-refractivity contribution in [2.45, 2.75) is 6.92 Å². The van der Waals surface area contributed by atoms with Crippen LogP contribution in [0.1, 0.15) is 5.56 Å². The van der Waals surface area contributed by atoms with Gasteiger partial charge in [-0.3, -0.25) is 0 Å². The van der Waals surface area contributed by atoms with E-state index >= 15 is 0 Å². The first-order valence-corrected chi connectivity index (χ1v) is 8.33. The highest BCUT2D eigenvalue weighted by atomic mass is 35.5. The molecule has 3 nitrogen and oxygen atoms in total. The first-order chi connectivity index (χ1) is 12.2. The minimum atomic E-state index is 0.665. The molecule has 0 unspecified atom stereocenters. The maximum atomic E-state index is 6.10. The van der Waals surface area contributed by atoms with Crippen molar-refractivity contribution in [2.24, 2.45) is 4.99 Å². The number of rotatable bonds is 2. The number of benzene rings is 2. The summed E-state index contributed by atoms with van der Waals surface area (Å²) in [5, 5.41) is 2.48. The number of hydrogen-bond acceptors (Lipinski definition) is 3. The Morgan fingerprint density at radius 1 is 0.960 bits per heavy atom. The van der Waals surface area contributed by atoms with Crippen LogP contribution < -0.4 is 5.36 Å². The molecule has 4 heteroatoms. The molecule has 2 heterocycles.